The van der Waals surface area contributed by atoms with Gasteiger partial charge in [0, 0.05) is 23.1 Å². The molecule has 5 aromatic rings. The summed E-state index contributed by atoms with van der Waals surface area (Å²) in [5.74, 6) is 0. The number of aliphatic hydroxyl groups is 1. The first kappa shape index (κ1) is 21.2. The van der Waals surface area contributed by atoms with Crippen LogP contribution in [0.1, 0.15) is 27.9 Å². The van der Waals surface area contributed by atoms with E-state index in [1.165, 1.54) is 27.6 Å². The Hall–Kier alpha value is -3.66. The molecule has 3 N–H and O–H groups in total. The lowest BCUT2D eigenvalue weighted by molar-refractivity contribution is 0.276. The molecule has 1 heterocycles. The van der Waals surface area contributed by atoms with Crippen LogP contribution in [-0.2, 0) is 18.6 Å². The molecule has 0 saturated carbocycles. The van der Waals surface area contributed by atoms with Crippen LogP contribution in [0.2, 0.25) is 0 Å². The van der Waals surface area contributed by atoms with Gasteiger partial charge in [0.2, 0.25) is 0 Å². The number of hydrogen-bond donors (Lipinski definition) is 3. The van der Waals surface area contributed by atoms with Crippen molar-refractivity contribution in [2.24, 2.45) is 0 Å². The lowest BCUT2D eigenvalue weighted by Gasteiger charge is -2.37. The van der Waals surface area contributed by atoms with E-state index in [0.717, 1.165) is 24.2 Å². The van der Waals surface area contributed by atoms with Crippen LogP contribution in [0.5, 0.6) is 0 Å². The molecule has 0 unspecified atom stereocenters. The summed E-state index contributed by atoms with van der Waals surface area (Å²) in [6, 6.07) is 40.2. The topological polar surface area (TPSA) is 48.0 Å². The SMILES string of the molecule is OCc1[nH]c2ccccc2c1CCNC(c1ccccc1)(c1ccccc1)c1ccccc1. The fraction of sp³-hybridized carbons (Fsp3) is 0.133. The zero-order valence-electron chi connectivity index (χ0n) is 18.5. The molecule has 0 saturated heterocycles. The Balaban J connectivity index is 1.58. The number of aromatic amines is 1. The molecule has 3 nitrogen and oxygen atoms in total. The molecular weight excluding hydrogens is 404 g/mol. The average Bonchev–Trinajstić information content (AvgIpc) is 3.26. The van der Waals surface area contributed by atoms with Gasteiger partial charge in [-0.15, -0.1) is 0 Å². The second-order valence-corrected chi connectivity index (χ2v) is 8.31. The van der Waals surface area contributed by atoms with Gasteiger partial charge in [-0.3, -0.25) is 5.32 Å². The first-order valence-corrected chi connectivity index (χ1v) is 11.4. The summed E-state index contributed by atoms with van der Waals surface area (Å²) < 4.78 is 0. The maximum Gasteiger partial charge on any atom is 0.0948 e. The summed E-state index contributed by atoms with van der Waals surface area (Å²) >= 11 is 0. The standard InChI is InChI=1S/C30H28N2O/c33-22-29-27(26-18-10-11-19-28(26)32-29)20-21-31-30(23-12-4-1-5-13-23,24-14-6-2-7-15-24)25-16-8-3-9-17-25/h1-19,31-33H,20-22H2. The molecule has 0 aliphatic carbocycles. The summed E-state index contributed by atoms with van der Waals surface area (Å²) in [6.45, 7) is 0.749. The highest BCUT2D eigenvalue weighted by Gasteiger charge is 2.35. The largest absolute Gasteiger partial charge is 0.390 e. The first-order valence-electron chi connectivity index (χ1n) is 11.4. The maximum atomic E-state index is 9.96. The fourth-order valence-electron chi connectivity index (χ4n) is 4.92. The maximum absolute atomic E-state index is 9.96. The van der Waals surface area contributed by atoms with E-state index < -0.39 is 5.54 Å². The molecule has 4 aromatic carbocycles. The molecule has 0 fully saturated rings. The quantitative estimate of drug-likeness (QED) is 0.272. The third-order valence-electron chi connectivity index (χ3n) is 6.45. The highest BCUT2D eigenvalue weighted by Crippen LogP contribution is 2.37. The monoisotopic (exact) mass is 432 g/mol. The molecule has 0 bridgehead atoms. The van der Waals surface area contributed by atoms with Crippen molar-refractivity contribution in [3.63, 3.8) is 0 Å². The zero-order chi connectivity index (χ0) is 22.5. The molecule has 0 aliphatic rings. The van der Waals surface area contributed by atoms with Gasteiger partial charge in [-0.1, -0.05) is 109 Å². The van der Waals surface area contributed by atoms with Crippen LogP contribution < -0.4 is 5.32 Å². The van der Waals surface area contributed by atoms with Crippen molar-refractivity contribution in [2.75, 3.05) is 6.54 Å². The number of para-hydroxylation sites is 1. The van der Waals surface area contributed by atoms with Crippen LogP contribution >= 0.6 is 0 Å². The van der Waals surface area contributed by atoms with E-state index in [1.807, 2.05) is 6.07 Å². The Kier molecular flexibility index (Phi) is 6.07. The summed E-state index contributed by atoms with van der Waals surface area (Å²) in [5.41, 5.74) is 6.23. The highest BCUT2D eigenvalue weighted by molar-refractivity contribution is 5.84. The molecule has 0 aliphatic heterocycles. The molecular formula is C30H28N2O. The van der Waals surface area contributed by atoms with Crippen LogP contribution in [0, 0.1) is 0 Å². The van der Waals surface area contributed by atoms with Gasteiger partial charge in [-0.2, -0.15) is 0 Å². The molecule has 5 rings (SSSR count). The number of benzene rings is 4. The fourth-order valence-corrected chi connectivity index (χ4v) is 4.92. The normalized spacial score (nSPS) is 11.7. The van der Waals surface area contributed by atoms with Crippen molar-refractivity contribution in [1.82, 2.24) is 10.3 Å². The van der Waals surface area contributed by atoms with Gasteiger partial charge in [0.05, 0.1) is 12.1 Å². The lowest BCUT2D eigenvalue weighted by Crippen LogP contribution is -2.45. The van der Waals surface area contributed by atoms with Crippen molar-refractivity contribution < 1.29 is 5.11 Å². The van der Waals surface area contributed by atoms with E-state index in [4.69, 9.17) is 0 Å². The van der Waals surface area contributed by atoms with Gasteiger partial charge in [0.1, 0.15) is 0 Å². The minimum atomic E-state index is -0.491. The van der Waals surface area contributed by atoms with Crippen molar-refractivity contribution in [3.8, 4) is 0 Å². The number of fused-ring (bicyclic) bond motifs is 1. The van der Waals surface area contributed by atoms with Crippen LogP contribution in [-0.4, -0.2) is 16.6 Å². The highest BCUT2D eigenvalue weighted by atomic mass is 16.3. The Morgan fingerprint density at radius 3 is 1.64 bits per heavy atom. The van der Waals surface area contributed by atoms with Crippen molar-refractivity contribution in [1.29, 1.82) is 0 Å². The van der Waals surface area contributed by atoms with Crippen LogP contribution in [0.15, 0.2) is 115 Å². The molecule has 0 amide bonds. The summed E-state index contributed by atoms with van der Waals surface area (Å²) in [4.78, 5) is 3.38. The Labute approximate surface area is 194 Å². The summed E-state index contributed by atoms with van der Waals surface area (Å²) in [5, 5.41) is 15.1. The summed E-state index contributed by atoms with van der Waals surface area (Å²) in [6.07, 6.45) is 0.800. The van der Waals surface area contributed by atoms with E-state index >= 15 is 0 Å². The van der Waals surface area contributed by atoms with Gasteiger partial charge in [-0.05, 0) is 34.7 Å². The van der Waals surface area contributed by atoms with Gasteiger partial charge in [-0.25, -0.2) is 0 Å². The van der Waals surface area contributed by atoms with E-state index in [0.29, 0.717) is 0 Å². The number of H-pyrrole nitrogens is 1. The number of nitrogens with one attached hydrogen (secondary N) is 2. The third kappa shape index (κ3) is 3.97. The second kappa shape index (κ2) is 9.45. The Morgan fingerprint density at radius 1 is 0.636 bits per heavy atom. The number of aliphatic hydroxyl groups excluding tert-OH is 1. The van der Waals surface area contributed by atoms with Crippen LogP contribution in [0.3, 0.4) is 0 Å². The van der Waals surface area contributed by atoms with Crippen molar-refractivity contribution in [2.45, 2.75) is 18.6 Å². The minimum Gasteiger partial charge on any atom is -0.390 e. The minimum absolute atomic E-state index is 0.00517. The predicted octanol–water partition coefficient (Wildman–Crippen LogP) is 5.78. The number of rotatable bonds is 8. The zero-order valence-corrected chi connectivity index (χ0v) is 18.5. The van der Waals surface area contributed by atoms with Crippen molar-refractivity contribution >= 4 is 10.9 Å². The molecule has 3 heteroatoms. The van der Waals surface area contributed by atoms with E-state index in [2.05, 4.69) is 119 Å². The van der Waals surface area contributed by atoms with Gasteiger partial charge >= 0.3 is 0 Å². The molecule has 0 radical (unpaired) electrons. The van der Waals surface area contributed by atoms with Crippen LogP contribution in [0.4, 0.5) is 0 Å². The summed E-state index contributed by atoms with van der Waals surface area (Å²) in [7, 11) is 0. The molecule has 33 heavy (non-hydrogen) atoms. The predicted molar refractivity (Wildman–Crippen MR) is 135 cm³/mol. The van der Waals surface area contributed by atoms with E-state index in [-0.39, 0.29) is 6.61 Å². The molecule has 0 atom stereocenters. The molecule has 1 aromatic heterocycles. The molecule has 0 spiro atoms. The van der Waals surface area contributed by atoms with Crippen LogP contribution in [0.25, 0.3) is 10.9 Å². The van der Waals surface area contributed by atoms with Gasteiger partial charge < -0.3 is 10.1 Å². The average molecular weight is 433 g/mol. The van der Waals surface area contributed by atoms with Crippen molar-refractivity contribution in [3.05, 3.63) is 143 Å². The Morgan fingerprint density at radius 2 is 1.12 bits per heavy atom. The van der Waals surface area contributed by atoms with Gasteiger partial charge in [0.15, 0.2) is 0 Å². The first-order chi connectivity index (χ1) is 16.3. The smallest absolute Gasteiger partial charge is 0.0948 e. The number of aromatic nitrogens is 1. The Bertz CT molecular complexity index is 1210. The van der Waals surface area contributed by atoms with Gasteiger partial charge in [0.25, 0.3) is 0 Å². The van der Waals surface area contributed by atoms with E-state index in [1.54, 1.807) is 0 Å². The third-order valence-corrected chi connectivity index (χ3v) is 6.45. The van der Waals surface area contributed by atoms with E-state index in [9.17, 15) is 5.11 Å². The number of hydrogen-bond acceptors (Lipinski definition) is 2. The molecule has 164 valence electrons. The second-order valence-electron chi connectivity index (χ2n) is 8.31. The lowest BCUT2D eigenvalue weighted by atomic mass is 9.77.